The lowest BCUT2D eigenvalue weighted by Gasteiger charge is -2.42. The van der Waals surface area contributed by atoms with Crippen molar-refractivity contribution in [2.24, 2.45) is 11.3 Å². The van der Waals surface area contributed by atoms with E-state index in [1.54, 1.807) is 57.2 Å². The Morgan fingerprint density at radius 3 is 2.27 bits per heavy atom. The molecule has 1 aromatic rings. The number of hydrogen-bond donors (Lipinski definition) is 1. The monoisotopic (exact) mass is 377 g/mol. The highest BCUT2D eigenvalue weighted by atomic mass is 35.5. The quantitative estimate of drug-likeness (QED) is 0.628. The van der Waals surface area contributed by atoms with Gasteiger partial charge in [0.25, 0.3) is 0 Å². The summed E-state index contributed by atoms with van der Waals surface area (Å²) in [5.74, 6) is -1.13. The highest BCUT2D eigenvalue weighted by Crippen LogP contribution is 2.38. The summed E-state index contributed by atoms with van der Waals surface area (Å²) in [4.78, 5) is 25.9. The van der Waals surface area contributed by atoms with Crippen molar-refractivity contribution < 1.29 is 19.1 Å². The number of nitrogens with one attached hydrogen (secondary N) is 1. The molecule has 2 rings (SSSR count). The average Bonchev–Trinajstić information content (AvgIpc) is 2.61. The first-order chi connectivity index (χ1) is 12.2. The van der Waals surface area contributed by atoms with Crippen LogP contribution in [0, 0.1) is 11.3 Å². The summed E-state index contributed by atoms with van der Waals surface area (Å²) < 4.78 is 11.1. The van der Waals surface area contributed by atoms with E-state index in [-0.39, 0.29) is 17.4 Å². The molecule has 1 amide bonds. The normalized spacial score (nSPS) is 22.9. The molecule has 2 atom stereocenters. The molecule has 0 aromatic heterocycles. The molecule has 0 radical (unpaired) electrons. The van der Waals surface area contributed by atoms with Crippen LogP contribution in [0.1, 0.15) is 31.1 Å². The van der Waals surface area contributed by atoms with Crippen molar-refractivity contribution in [3.8, 4) is 0 Å². The molecule has 140 valence electrons. The van der Waals surface area contributed by atoms with Crippen molar-refractivity contribution in [3.05, 3.63) is 58.8 Å². The summed E-state index contributed by atoms with van der Waals surface area (Å²) in [5.41, 5.74) is -1.68. The smallest absolute Gasteiger partial charge is 0.227 e. The summed E-state index contributed by atoms with van der Waals surface area (Å²) in [7, 11) is 2.87. The second-order valence-corrected chi connectivity index (χ2v) is 7.55. The van der Waals surface area contributed by atoms with Gasteiger partial charge in [0.2, 0.25) is 11.6 Å². The van der Waals surface area contributed by atoms with Crippen LogP contribution >= 0.6 is 11.6 Å². The Hall–Kier alpha value is -2.11. The molecule has 6 heteroatoms. The van der Waals surface area contributed by atoms with Crippen molar-refractivity contribution in [1.29, 1.82) is 0 Å². The van der Waals surface area contributed by atoms with E-state index in [4.69, 9.17) is 21.1 Å². The number of halogens is 1. The Balaban J connectivity index is 2.56. The first kappa shape index (κ1) is 20.2. The summed E-state index contributed by atoms with van der Waals surface area (Å²) >= 11 is 6.21. The van der Waals surface area contributed by atoms with Crippen molar-refractivity contribution >= 4 is 23.3 Å². The highest BCUT2D eigenvalue weighted by Gasteiger charge is 2.51. The lowest BCUT2D eigenvalue weighted by molar-refractivity contribution is -0.141. The second kappa shape index (κ2) is 7.64. The van der Waals surface area contributed by atoms with E-state index in [0.29, 0.717) is 10.6 Å². The van der Waals surface area contributed by atoms with E-state index in [0.717, 1.165) is 0 Å². The van der Waals surface area contributed by atoms with Gasteiger partial charge in [0.15, 0.2) is 11.5 Å². The van der Waals surface area contributed by atoms with E-state index >= 15 is 0 Å². The molecule has 0 heterocycles. The van der Waals surface area contributed by atoms with E-state index in [1.165, 1.54) is 14.2 Å². The molecule has 5 nitrogen and oxygen atoms in total. The van der Waals surface area contributed by atoms with Crippen molar-refractivity contribution in [1.82, 2.24) is 5.32 Å². The summed E-state index contributed by atoms with van der Waals surface area (Å²) in [6.45, 7) is 5.34. The maximum absolute atomic E-state index is 13.2. The predicted octanol–water partition coefficient (Wildman–Crippen LogP) is 3.66. The summed E-state index contributed by atoms with van der Waals surface area (Å²) in [6, 6.07) is 8.79. The third kappa shape index (κ3) is 3.84. The molecule has 1 aliphatic carbocycles. The van der Waals surface area contributed by atoms with Gasteiger partial charge in [-0.3, -0.25) is 9.59 Å². The van der Waals surface area contributed by atoms with Gasteiger partial charge in [-0.05, 0) is 12.2 Å². The van der Waals surface area contributed by atoms with Gasteiger partial charge in [0.05, 0.1) is 13.0 Å². The SMILES string of the molecule is COC1=CC(Cl)=CC(C(=O)c2ccccc2)C1(NC(=O)C(C)(C)C)OC. The molecule has 0 bridgehead atoms. The number of carbonyl (C=O) groups excluding carboxylic acids is 2. The Morgan fingerprint density at radius 1 is 1.15 bits per heavy atom. The minimum Gasteiger partial charge on any atom is -0.496 e. The Bertz CT molecular complexity index is 749. The van der Waals surface area contributed by atoms with Gasteiger partial charge in [-0.2, -0.15) is 0 Å². The van der Waals surface area contributed by atoms with E-state index in [9.17, 15) is 9.59 Å². The predicted molar refractivity (Wildman–Crippen MR) is 101 cm³/mol. The number of Topliss-reactive ketones (excluding diaryl/α,β-unsaturated/α-hetero) is 1. The van der Waals surface area contributed by atoms with Gasteiger partial charge < -0.3 is 14.8 Å². The fraction of sp³-hybridized carbons (Fsp3) is 0.400. The zero-order valence-electron chi connectivity index (χ0n) is 15.6. The van der Waals surface area contributed by atoms with Crippen LogP contribution in [0.2, 0.25) is 0 Å². The molecule has 0 saturated carbocycles. The lowest BCUT2D eigenvalue weighted by atomic mass is 9.82. The molecular formula is C20H24ClNO4. The van der Waals surface area contributed by atoms with Gasteiger partial charge in [-0.15, -0.1) is 0 Å². The minimum absolute atomic E-state index is 0.234. The van der Waals surface area contributed by atoms with Crippen LogP contribution < -0.4 is 5.32 Å². The number of hydrogen-bond acceptors (Lipinski definition) is 4. The number of benzene rings is 1. The molecule has 26 heavy (non-hydrogen) atoms. The van der Waals surface area contributed by atoms with Gasteiger partial charge in [-0.25, -0.2) is 0 Å². The second-order valence-electron chi connectivity index (χ2n) is 7.12. The Kier molecular flexibility index (Phi) is 5.94. The molecule has 1 N–H and O–H groups in total. The summed E-state index contributed by atoms with van der Waals surface area (Å²) in [5, 5.41) is 3.21. The third-order valence-corrected chi connectivity index (χ3v) is 4.50. The Labute approximate surface area is 159 Å². The standard InChI is InChI=1S/C20H24ClNO4/c1-19(2,3)18(24)22-20(26-5)15(11-14(21)12-16(20)25-4)17(23)13-9-7-6-8-10-13/h6-12,15H,1-5H3,(H,22,24). The third-order valence-electron chi connectivity index (χ3n) is 4.26. The fourth-order valence-corrected chi connectivity index (χ4v) is 2.96. The van der Waals surface area contributed by atoms with Crippen LogP contribution in [-0.4, -0.2) is 31.6 Å². The van der Waals surface area contributed by atoms with Crippen LogP contribution in [0.3, 0.4) is 0 Å². The molecule has 0 fully saturated rings. The van der Waals surface area contributed by atoms with Crippen LogP contribution in [0.5, 0.6) is 0 Å². The van der Waals surface area contributed by atoms with Crippen LogP contribution in [-0.2, 0) is 14.3 Å². The molecule has 0 aliphatic heterocycles. The number of rotatable bonds is 5. The first-order valence-corrected chi connectivity index (χ1v) is 8.64. The molecule has 1 aromatic carbocycles. The topological polar surface area (TPSA) is 64.6 Å². The highest BCUT2D eigenvalue weighted by molar-refractivity contribution is 6.31. The largest absolute Gasteiger partial charge is 0.496 e. The van der Waals surface area contributed by atoms with Crippen molar-refractivity contribution in [2.75, 3.05) is 14.2 Å². The molecule has 0 spiro atoms. The summed E-state index contributed by atoms with van der Waals surface area (Å²) in [6.07, 6.45) is 3.12. The maximum Gasteiger partial charge on any atom is 0.227 e. The number of methoxy groups -OCH3 is 2. The van der Waals surface area contributed by atoms with Crippen molar-refractivity contribution in [3.63, 3.8) is 0 Å². The zero-order valence-corrected chi connectivity index (χ0v) is 16.4. The van der Waals surface area contributed by atoms with Crippen molar-refractivity contribution in [2.45, 2.75) is 26.5 Å². The molecule has 0 saturated heterocycles. The molecule has 2 unspecified atom stereocenters. The molecule has 1 aliphatic rings. The van der Waals surface area contributed by atoms with E-state index < -0.39 is 17.1 Å². The number of amides is 1. The van der Waals surface area contributed by atoms with Gasteiger partial charge in [0, 0.05) is 23.1 Å². The van der Waals surface area contributed by atoms with Crippen LogP contribution in [0.25, 0.3) is 0 Å². The maximum atomic E-state index is 13.2. The van der Waals surface area contributed by atoms with E-state index in [1.807, 2.05) is 6.07 Å². The fourth-order valence-electron chi connectivity index (χ4n) is 2.74. The van der Waals surface area contributed by atoms with Crippen LogP contribution in [0.15, 0.2) is 53.3 Å². The zero-order chi connectivity index (χ0) is 19.5. The lowest BCUT2D eigenvalue weighted by Crippen LogP contribution is -2.61. The minimum atomic E-state index is -1.48. The number of allylic oxidation sites excluding steroid dienone is 2. The van der Waals surface area contributed by atoms with Gasteiger partial charge in [0.1, 0.15) is 0 Å². The first-order valence-electron chi connectivity index (χ1n) is 8.26. The average molecular weight is 378 g/mol. The number of ketones is 1. The molecular weight excluding hydrogens is 354 g/mol. The Morgan fingerprint density at radius 2 is 1.77 bits per heavy atom. The number of carbonyl (C=O) groups is 2. The van der Waals surface area contributed by atoms with Gasteiger partial charge in [-0.1, -0.05) is 62.7 Å². The van der Waals surface area contributed by atoms with Crippen LogP contribution in [0.4, 0.5) is 0 Å². The van der Waals surface area contributed by atoms with Gasteiger partial charge >= 0.3 is 0 Å². The van der Waals surface area contributed by atoms with E-state index in [2.05, 4.69) is 5.32 Å². The number of ether oxygens (including phenoxy) is 2.